The third-order valence-corrected chi connectivity index (χ3v) is 6.23. The number of aromatic nitrogens is 4. The topological polar surface area (TPSA) is 119 Å². The molecular weight excluding hydrogens is 356 g/mol. The van der Waals surface area contributed by atoms with E-state index in [2.05, 4.69) is 32.5 Å². The van der Waals surface area contributed by atoms with Gasteiger partial charge >= 0.3 is 0 Å². The highest BCUT2D eigenvalue weighted by Crippen LogP contribution is 2.25. The Morgan fingerprint density at radius 3 is 2.58 bits per heavy atom. The average Bonchev–Trinajstić information content (AvgIpc) is 3.21. The molecule has 2 heterocycles. The summed E-state index contributed by atoms with van der Waals surface area (Å²) in [6, 6.07) is 6.29. The van der Waals surface area contributed by atoms with Gasteiger partial charge in [-0.3, -0.25) is 15.1 Å². The van der Waals surface area contributed by atoms with Crippen LogP contribution in [0.2, 0.25) is 0 Å². The summed E-state index contributed by atoms with van der Waals surface area (Å²) in [6.45, 7) is 4.61. The first-order chi connectivity index (χ1) is 12.5. The normalized spacial score (nSPS) is 16.3. The fourth-order valence-electron chi connectivity index (χ4n) is 2.86. The zero-order valence-corrected chi connectivity index (χ0v) is 14.9. The Bertz CT molecular complexity index is 856. The van der Waals surface area contributed by atoms with Crippen molar-refractivity contribution in [1.82, 2.24) is 30.2 Å². The Morgan fingerprint density at radius 2 is 2.00 bits per heavy atom. The molecule has 1 N–H and O–H groups in total. The number of amides is 1. The Hall–Kier alpha value is -2.59. The zero-order chi connectivity index (χ0) is 18.6. The first-order valence-electron chi connectivity index (χ1n) is 8.20. The van der Waals surface area contributed by atoms with E-state index >= 15 is 0 Å². The van der Waals surface area contributed by atoms with Crippen molar-refractivity contribution in [2.45, 2.75) is 17.7 Å². The van der Waals surface area contributed by atoms with Crippen LogP contribution in [0.3, 0.4) is 0 Å². The van der Waals surface area contributed by atoms with Crippen LogP contribution in [0.4, 0.5) is 0 Å². The van der Waals surface area contributed by atoms with Gasteiger partial charge in [-0.2, -0.15) is 9.52 Å². The molecule has 26 heavy (non-hydrogen) atoms. The molecule has 0 spiro atoms. The number of rotatable bonds is 6. The van der Waals surface area contributed by atoms with E-state index in [-0.39, 0.29) is 16.7 Å². The minimum atomic E-state index is -3.60. The smallest absolute Gasteiger partial charge is 0.243 e. The highest BCUT2D eigenvalue weighted by Gasteiger charge is 2.31. The number of nitrogens with zero attached hydrogens (tertiary/aromatic N) is 5. The molecule has 3 rings (SSSR count). The predicted octanol–water partition coefficient (Wildman–Crippen LogP) is 0.199. The summed E-state index contributed by atoms with van der Waals surface area (Å²) in [5.41, 5.74) is 0.645. The van der Waals surface area contributed by atoms with Gasteiger partial charge in [-0.25, -0.2) is 8.42 Å². The molecule has 1 aliphatic rings. The minimum absolute atomic E-state index is 0.0526. The van der Waals surface area contributed by atoms with E-state index < -0.39 is 10.0 Å². The first-order valence-corrected chi connectivity index (χ1v) is 9.64. The lowest BCUT2D eigenvalue weighted by atomic mass is 9.97. The molecule has 0 saturated carbocycles. The van der Waals surface area contributed by atoms with Gasteiger partial charge in [0.25, 0.3) is 0 Å². The van der Waals surface area contributed by atoms with Crippen molar-refractivity contribution in [2.75, 3.05) is 19.6 Å². The van der Waals surface area contributed by atoms with Gasteiger partial charge in [-0.05, 0) is 30.5 Å². The number of piperidine rings is 1. The number of sulfonamides is 1. The van der Waals surface area contributed by atoms with Gasteiger partial charge in [0.05, 0.1) is 4.90 Å². The van der Waals surface area contributed by atoms with Gasteiger partial charge in [-0.15, -0.1) is 6.58 Å². The van der Waals surface area contributed by atoms with E-state index in [0.29, 0.717) is 43.9 Å². The third-order valence-electron chi connectivity index (χ3n) is 4.31. The number of nitrogens with one attached hydrogen (secondary N) is 1. The first kappa shape index (κ1) is 18.2. The summed E-state index contributed by atoms with van der Waals surface area (Å²) in [5, 5.41) is 17.1. The summed E-state index contributed by atoms with van der Waals surface area (Å²) in [5.74, 6) is 0.127. The molecule has 0 aliphatic carbocycles. The molecule has 9 nitrogen and oxygen atoms in total. The Balaban J connectivity index is 1.66. The molecule has 1 fully saturated rings. The lowest BCUT2D eigenvalue weighted by Crippen LogP contribution is -2.43. The third kappa shape index (κ3) is 3.81. The molecule has 0 unspecified atom stereocenters. The van der Waals surface area contributed by atoms with Crippen LogP contribution in [-0.2, 0) is 14.8 Å². The Labute approximate surface area is 151 Å². The second kappa shape index (κ2) is 7.75. The Kier molecular flexibility index (Phi) is 5.43. The van der Waals surface area contributed by atoms with Crippen LogP contribution in [0, 0.1) is 5.92 Å². The van der Waals surface area contributed by atoms with E-state index in [1.165, 1.54) is 16.4 Å². The number of tetrazole rings is 1. The number of carbonyl (C=O) groups is 1. The molecule has 1 amide bonds. The van der Waals surface area contributed by atoms with Crippen molar-refractivity contribution in [3.05, 3.63) is 36.9 Å². The molecule has 2 aromatic rings. The van der Waals surface area contributed by atoms with Crippen LogP contribution in [0.15, 0.2) is 41.8 Å². The summed E-state index contributed by atoms with van der Waals surface area (Å²) >= 11 is 0. The summed E-state index contributed by atoms with van der Waals surface area (Å²) in [4.78, 5) is 12.2. The van der Waals surface area contributed by atoms with Crippen LogP contribution in [0.25, 0.3) is 11.4 Å². The van der Waals surface area contributed by atoms with Crippen LogP contribution in [0.1, 0.15) is 12.8 Å². The minimum Gasteiger partial charge on any atom is -0.352 e. The van der Waals surface area contributed by atoms with Gasteiger partial charge in [-0.1, -0.05) is 18.2 Å². The molecule has 1 saturated heterocycles. The molecule has 0 atom stereocenters. The molecular formula is C16H19N6O3S-. The second-order valence-electron chi connectivity index (χ2n) is 5.94. The molecule has 0 bridgehead atoms. The van der Waals surface area contributed by atoms with E-state index in [1.807, 2.05) is 0 Å². The van der Waals surface area contributed by atoms with E-state index in [1.54, 1.807) is 18.2 Å². The lowest BCUT2D eigenvalue weighted by molar-refractivity contribution is -0.125. The molecule has 138 valence electrons. The van der Waals surface area contributed by atoms with Crippen LogP contribution in [-0.4, -0.2) is 53.8 Å². The lowest BCUT2D eigenvalue weighted by Gasteiger charge is -2.30. The number of carbonyl (C=O) groups excluding carboxylic acids is 1. The van der Waals surface area contributed by atoms with Crippen molar-refractivity contribution < 1.29 is 13.2 Å². The van der Waals surface area contributed by atoms with Crippen molar-refractivity contribution >= 4 is 15.9 Å². The average molecular weight is 375 g/mol. The maximum atomic E-state index is 12.8. The molecule has 1 aromatic carbocycles. The molecule has 10 heteroatoms. The van der Waals surface area contributed by atoms with Crippen molar-refractivity contribution in [2.24, 2.45) is 5.92 Å². The van der Waals surface area contributed by atoms with Crippen molar-refractivity contribution in [3.8, 4) is 11.4 Å². The predicted molar refractivity (Wildman–Crippen MR) is 93.3 cm³/mol. The zero-order valence-electron chi connectivity index (χ0n) is 14.1. The van der Waals surface area contributed by atoms with Crippen LogP contribution >= 0.6 is 0 Å². The van der Waals surface area contributed by atoms with Crippen molar-refractivity contribution in [1.29, 1.82) is 0 Å². The van der Waals surface area contributed by atoms with Gasteiger partial charge in [0.15, 0.2) is 0 Å². The van der Waals surface area contributed by atoms with Gasteiger partial charge in [0, 0.05) is 31.4 Å². The molecule has 1 aliphatic heterocycles. The maximum absolute atomic E-state index is 12.8. The monoisotopic (exact) mass is 375 g/mol. The summed E-state index contributed by atoms with van der Waals surface area (Å²) < 4.78 is 27.0. The quantitative estimate of drug-likeness (QED) is 0.716. The van der Waals surface area contributed by atoms with Crippen LogP contribution < -0.4 is 10.4 Å². The second-order valence-corrected chi connectivity index (χ2v) is 7.88. The largest absolute Gasteiger partial charge is 0.352 e. The highest BCUT2D eigenvalue weighted by molar-refractivity contribution is 7.89. The van der Waals surface area contributed by atoms with E-state index in [9.17, 15) is 13.2 Å². The van der Waals surface area contributed by atoms with E-state index in [4.69, 9.17) is 0 Å². The summed E-state index contributed by atoms with van der Waals surface area (Å²) in [6.07, 6.45) is 2.62. The number of hydrogen-bond acceptors (Lipinski definition) is 6. The fourth-order valence-corrected chi connectivity index (χ4v) is 4.33. The van der Waals surface area contributed by atoms with Crippen molar-refractivity contribution in [3.63, 3.8) is 0 Å². The maximum Gasteiger partial charge on any atom is 0.243 e. The summed E-state index contributed by atoms with van der Waals surface area (Å²) in [7, 11) is -3.60. The number of hydrogen-bond donors (Lipinski definition) is 1. The fraction of sp³-hybridized carbons (Fsp3) is 0.375. The standard InChI is InChI=1S/C16H20N6O3S/c1-2-9-17-16(23)13-7-10-22(11-8-13)26(24,25)14-5-3-12(4-6-14)15-18-20-21-19-15/h2-6,13H,1,7-11H2,(H2,17,18,19,20,21,23)/p-1. The molecule has 1 aromatic heterocycles. The van der Waals surface area contributed by atoms with Gasteiger partial charge < -0.3 is 10.4 Å². The number of benzene rings is 1. The van der Waals surface area contributed by atoms with Crippen LogP contribution in [0.5, 0.6) is 0 Å². The highest BCUT2D eigenvalue weighted by atomic mass is 32.2. The van der Waals surface area contributed by atoms with Gasteiger partial charge in [0.1, 0.15) is 0 Å². The molecule has 0 radical (unpaired) electrons. The van der Waals surface area contributed by atoms with Gasteiger partial charge in [0.2, 0.25) is 15.9 Å². The SMILES string of the molecule is C=CCNC(=O)C1CCN(S(=O)(=O)c2ccc(-c3nnn[n-]3)cc2)CC1. The Morgan fingerprint density at radius 1 is 1.31 bits per heavy atom. The van der Waals surface area contributed by atoms with E-state index in [0.717, 1.165) is 0 Å².